The second-order valence-electron chi connectivity index (χ2n) is 9.69. The summed E-state index contributed by atoms with van der Waals surface area (Å²) in [5.41, 5.74) is 1.70. The second-order valence-corrected chi connectivity index (χ2v) is 9.69. The molecule has 0 amide bonds. The van der Waals surface area contributed by atoms with Crippen molar-refractivity contribution in [3.8, 4) is 0 Å². The number of esters is 1. The standard InChI is InChI=1S/C22H27N3O3/c26-21(28-11-12-1-2-12)17-10-24-20-16(3-4-23-20)19(17)25-18-14-5-13-6-15(18)9-22(27,7-13)8-14/h3-4,10,12-15,18,27H,1-2,5-9,11H2,(H2,23,24,25)/t13?,14-,15+,18?,22?. The molecule has 3 unspecified atom stereocenters. The normalized spacial score (nSPS) is 36.0. The van der Waals surface area contributed by atoms with Gasteiger partial charge in [0.05, 0.1) is 17.9 Å². The van der Waals surface area contributed by atoms with Crippen LogP contribution in [0.4, 0.5) is 5.69 Å². The summed E-state index contributed by atoms with van der Waals surface area (Å²) in [7, 11) is 0. The number of aromatic amines is 1. The van der Waals surface area contributed by atoms with Crippen LogP contribution in [0.25, 0.3) is 11.0 Å². The number of hydrogen-bond donors (Lipinski definition) is 3. The van der Waals surface area contributed by atoms with Gasteiger partial charge >= 0.3 is 5.97 Å². The van der Waals surface area contributed by atoms with E-state index in [0.717, 1.165) is 48.8 Å². The van der Waals surface area contributed by atoms with E-state index < -0.39 is 5.60 Å². The van der Waals surface area contributed by atoms with Crippen molar-refractivity contribution in [1.82, 2.24) is 9.97 Å². The molecule has 28 heavy (non-hydrogen) atoms. The highest BCUT2D eigenvalue weighted by Gasteiger charge is 2.54. The zero-order valence-electron chi connectivity index (χ0n) is 16.0. The number of aromatic nitrogens is 2. The zero-order chi connectivity index (χ0) is 18.9. The first kappa shape index (κ1) is 16.8. The van der Waals surface area contributed by atoms with Gasteiger partial charge in [0.25, 0.3) is 0 Å². The number of nitrogens with one attached hydrogen (secondary N) is 2. The maximum absolute atomic E-state index is 12.8. The number of fused-ring (bicyclic) bond motifs is 1. The Labute approximate surface area is 164 Å². The van der Waals surface area contributed by atoms with Crippen molar-refractivity contribution in [3.63, 3.8) is 0 Å². The molecule has 0 aliphatic heterocycles. The Morgan fingerprint density at radius 1 is 1.29 bits per heavy atom. The summed E-state index contributed by atoms with van der Waals surface area (Å²) in [6.45, 7) is 0.507. The summed E-state index contributed by atoms with van der Waals surface area (Å²) in [5, 5.41) is 15.6. The van der Waals surface area contributed by atoms with Crippen LogP contribution in [0.3, 0.4) is 0 Å². The van der Waals surface area contributed by atoms with Crippen LogP contribution < -0.4 is 5.32 Å². The summed E-state index contributed by atoms with van der Waals surface area (Å²) in [6.07, 6.45) is 10.9. The lowest BCUT2D eigenvalue weighted by Crippen LogP contribution is -2.59. The molecule has 2 aromatic heterocycles. The van der Waals surface area contributed by atoms with E-state index in [1.54, 1.807) is 6.20 Å². The Morgan fingerprint density at radius 3 is 2.79 bits per heavy atom. The molecule has 6 heteroatoms. The van der Waals surface area contributed by atoms with Crippen LogP contribution in [0.1, 0.15) is 55.3 Å². The van der Waals surface area contributed by atoms with Crippen molar-refractivity contribution in [2.24, 2.45) is 23.7 Å². The third-order valence-corrected chi connectivity index (χ3v) is 7.51. The van der Waals surface area contributed by atoms with Crippen LogP contribution >= 0.6 is 0 Å². The molecule has 6 nitrogen and oxygen atoms in total. The largest absolute Gasteiger partial charge is 0.462 e. The number of aliphatic hydroxyl groups is 1. The highest BCUT2D eigenvalue weighted by molar-refractivity contribution is 6.04. The van der Waals surface area contributed by atoms with Crippen molar-refractivity contribution in [3.05, 3.63) is 24.0 Å². The third kappa shape index (κ3) is 2.72. The fraction of sp³-hybridized carbons (Fsp3) is 0.636. The van der Waals surface area contributed by atoms with E-state index in [1.807, 2.05) is 12.3 Å². The summed E-state index contributed by atoms with van der Waals surface area (Å²) in [4.78, 5) is 20.4. The average Bonchev–Trinajstić information content (AvgIpc) is 3.36. The minimum absolute atomic E-state index is 0.285. The van der Waals surface area contributed by atoms with Crippen LogP contribution in [0.15, 0.2) is 18.5 Å². The molecule has 5 fully saturated rings. The van der Waals surface area contributed by atoms with Crippen LogP contribution in [0.2, 0.25) is 0 Å². The molecule has 0 saturated heterocycles. The fourth-order valence-electron chi connectivity index (χ4n) is 6.26. The van der Waals surface area contributed by atoms with Crippen molar-refractivity contribution >= 4 is 22.7 Å². The molecule has 5 aliphatic carbocycles. The molecule has 5 saturated carbocycles. The molecular weight excluding hydrogens is 354 g/mol. The second kappa shape index (κ2) is 5.96. The quantitative estimate of drug-likeness (QED) is 0.690. The Hall–Kier alpha value is -2.08. The Bertz CT molecular complexity index is 918. The first-order valence-corrected chi connectivity index (χ1v) is 10.7. The van der Waals surface area contributed by atoms with Crippen molar-refractivity contribution < 1.29 is 14.6 Å². The fourth-order valence-corrected chi connectivity index (χ4v) is 6.26. The number of pyridine rings is 1. The van der Waals surface area contributed by atoms with Gasteiger partial charge in [0.1, 0.15) is 11.2 Å². The molecule has 0 aromatic carbocycles. The van der Waals surface area contributed by atoms with Crippen LogP contribution in [-0.4, -0.2) is 39.3 Å². The average molecular weight is 381 g/mol. The van der Waals surface area contributed by atoms with Gasteiger partial charge in [-0.15, -0.1) is 0 Å². The number of H-pyrrole nitrogens is 1. The van der Waals surface area contributed by atoms with Crippen molar-refractivity contribution in [1.29, 1.82) is 0 Å². The summed E-state index contributed by atoms with van der Waals surface area (Å²) >= 11 is 0. The smallest absolute Gasteiger partial charge is 0.341 e. The van der Waals surface area contributed by atoms with E-state index in [-0.39, 0.29) is 5.97 Å². The molecule has 7 rings (SSSR count). The maximum Gasteiger partial charge on any atom is 0.341 e. The summed E-state index contributed by atoms with van der Waals surface area (Å²) < 4.78 is 5.57. The van der Waals surface area contributed by atoms with E-state index in [9.17, 15) is 9.90 Å². The molecule has 3 N–H and O–H groups in total. The van der Waals surface area contributed by atoms with Crippen LogP contribution in [0.5, 0.6) is 0 Å². The molecule has 4 bridgehead atoms. The first-order valence-electron chi connectivity index (χ1n) is 10.7. The maximum atomic E-state index is 12.8. The first-order chi connectivity index (χ1) is 13.6. The van der Waals surface area contributed by atoms with Gasteiger partial charge in [0.15, 0.2) is 0 Å². The topological polar surface area (TPSA) is 87.2 Å². The molecule has 5 aliphatic rings. The molecule has 148 valence electrons. The van der Waals surface area contributed by atoms with E-state index in [1.165, 1.54) is 12.8 Å². The minimum atomic E-state index is -0.456. The summed E-state index contributed by atoms with van der Waals surface area (Å²) in [6, 6.07) is 2.28. The van der Waals surface area contributed by atoms with E-state index in [0.29, 0.717) is 41.9 Å². The number of ether oxygens (including phenoxy) is 1. The summed E-state index contributed by atoms with van der Waals surface area (Å²) in [5.74, 6) is 1.85. The molecule has 0 radical (unpaired) electrons. The monoisotopic (exact) mass is 381 g/mol. The van der Waals surface area contributed by atoms with E-state index in [2.05, 4.69) is 15.3 Å². The lowest BCUT2D eigenvalue weighted by atomic mass is 9.52. The third-order valence-electron chi connectivity index (χ3n) is 7.51. The predicted octanol–water partition coefficient (Wildman–Crippen LogP) is 3.48. The molecule has 2 aromatic rings. The molecule has 5 atom stereocenters. The lowest BCUT2D eigenvalue weighted by molar-refractivity contribution is -0.129. The molecular formula is C22H27N3O3. The van der Waals surface area contributed by atoms with Crippen molar-refractivity contribution in [2.75, 3.05) is 11.9 Å². The van der Waals surface area contributed by atoms with E-state index >= 15 is 0 Å². The number of carbonyl (C=O) groups is 1. The number of nitrogens with zero attached hydrogens (tertiary/aromatic N) is 1. The highest BCUT2D eigenvalue weighted by Crippen LogP contribution is 2.56. The molecule has 2 heterocycles. The number of rotatable bonds is 5. The van der Waals surface area contributed by atoms with Crippen LogP contribution in [0, 0.1) is 23.7 Å². The van der Waals surface area contributed by atoms with Gasteiger partial charge in [0, 0.05) is 23.8 Å². The Balaban J connectivity index is 1.33. The van der Waals surface area contributed by atoms with E-state index in [4.69, 9.17) is 4.74 Å². The zero-order valence-corrected chi connectivity index (χ0v) is 16.0. The Kier molecular flexibility index (Phi) is 3.58. The minimum Gasteiger partial charge on any atom is -0.462 e. The lowest BCUT2D eigenvalue weighted by Gasteiger charge is -2.58. The van der Waals surface area contributed by atoms with Gasteiger partial charge in [-0.2, -0.15) is 0 Å². The van der Waals surface area contributed by atoms with Gasteiger partial charge in [-0.25, -0.2) is 9.78 Å². The SMILES string of the molecule is O=C(OCC1CC1)c1cnc2[nH]ccc2c1NC1[C@@H]2CC3C[C@H]1CC(O)(C3)C2. The predicted molar refractivity (Wildman–Crippen MR) is 105 cm³/mol. The van der Waals surface area contributed by atoms with Gasteiger partial charge < -0.3 is 20.1 Å². The number of hydrogen-bond acceptors (Lipinski definition) is 5. The van der Waals surface area contributed by atoms with Gasteiger partial charge in [0.2, 0.25) is 0 Å². The Morgan fingerprint density at radius 2 is 2.07 bits per heavy atom. The van der Waals surface area contributed by atoms with Crippen LogP contribution in [-0.2, 0) is 4.74 Å². The van der Waals surface area contributed by atoms with Crippen molar-refractivity contribution in [2.45, 2.75) is 56.6 Å². The molecule has 0 spiro atoms. The van der Waals surface area contributed by atoms with Gasteiger partial charge in [-0.3, -0.25) is 0 Å². The number of anilines is 1. The van der Waals surface area contributed by atoms with Gasteiger partial charge in [-0.05, 0) is 74.7 Å². The number of carbonyl (C=O) groups excluding carboxylic acids is 1. The van der Waals surface area contributed by atoms with Gasteiger partial charge in [-0.1, -0.05) is 0 Å². The highest BCUT2D eigenvalue weighted by atomic mass is 16.5.